The molecule has 2 amide bonds. The molecule has 3 unspecified atom stereocenters. The van der Waals surface area contributed by atoms with Crippen LogP contribution in [0.5, 0.6) is 11.5 Å². The number of benzene rings is 1. The Bertz CT molecular complexity index is 977. The van der Waals surface area contributed by atoms with E-state index in [-0.39, 0.29) is 25.2 Å². The highest BCUT2D eigenvalue weighted by Gasteiger charge is 2.46. The maximum absolute atomic E-state index is 13.9. The number of amides is 2. The van der Waals surface area contributed by atoms with Crippen molar-refractivity contribution in [1.82, 2.24) is 4.90 Å². The van der Waals surface area contributed by atoms with Crippen LogP contribution in [0.1, 0.15) is 61.7 Å². The van der Waals surface area contributed by atoms with Crippen molar-refractivity contribution in [2.75, 3.05) is 38.4 Å². The van der Waals surface area contributed by atoms with Crippen molar-refractivity contribution in [3.63, 3.8) is 0 Å². The number of fused-ring (bicyclic) bond motifs is 2. The second-order valence-corrected chi connectivity index (χ2v) is 9.30. The second kappa shape index (κ2) is 12.9. The lowest BCUT2D eigenvalue weighted by atomic mass is 10.00. The van der Waals surface area contributed by atoms with E-state index in [1.807, 2.05) is 0 Å². The SMILES string of the molecule is C=CCOC(=O)N1c2cc(OCCCC=O)c(OC)cc2C(=O)N2CCCCC2C1OC1CCCCO1. The van der Waals surface area contributed by atoms with Crippen molar-refractivity contribution < 1.29 is 38.1 Å². The summed E-state index contributed by atoms with van der Waals surface area (Å²) in [5.74, 6) is 0.512. The van der Waals surface area contributed by atoms with Crippen LogP contribution < -0.4 is 14.4 Å². The normalized spacial score (nSPS) is 23.4. The Morgan fingerprint density at radius 3 is 2.76 bits per heavy atom. The average molecular weight is 517 g/mol. The van der Waals surface area contributed by atoms with E-state index in [1.165, 1.54) is 18.1 Å². The number of carbonyl (C=O) groups is 3. The Morgan fingerprint density at radius 1 is 1.19 bits per heavy atom. The minimum atomic E-state index is -0.817. The van der Waals surface area contributed by atoms with Crippen molar-refractivity contribution >= 4 is 24.0 Å². The largest absolute Gasteiger partial charge is 0.493 e. The molecule has 10 heteroatoms. The van der Waals surface area contributed by atoms with Gasteiger partial charge in [0.15, 0.2) is 24.0 Å². The molecule has 0 radical (unpaired) electrons. The zero-order valence-electron chi connectivity index (χ0n) is 21.4. The van der Waals surface area contributed by atoms with Gasteiger partial charge in [0.1, 0.15) is 12.9 Å². The van der Waals surface area contributed by atoms with Gasteiger partial charge in [0.05, 0.1) is 31.0 Å². The van der Waals surface area contributed by atoms with Gasteiger partial charge in [-0.15, -0.1) is 0 Å². The van der Waals surface area contributed by atoms with Crippen molar-refractivity contribution in [3.8, 4) is 11.5 Å². The molecule has 3 heterocycles. The van der Waals surface area contributed by atoms with Crippen LogP contribution in [0.15, 0.2) is 24.8 Å². The van der Waals surface area contributed by atoms with Gasteiger partial charge >= 0.3 is 6.09 Å². The van der Waals surface area contributed by atoms with E-state index in [4.69, 9.17) is 23.7 Å². The Kier molecular flexibility index (Phi) is 9.40. The summed E-state index contributed by atoms with van der Waals surface area (Å²) in [4.78, 5) is 41.4. The van der Waals surface area contributed by atoms with Gasteiger partial charge in [0.2, 0.25) is 0 Å². The van der Waals surface area contributed by atoms with E-state index in [9.17, 15) is 14.4 Å². The van der Waals surface area contributed by atoms with Crippen molar-refractivity contribution in [2.45, 2.75) is 69.9 Å². The molecular formula is C27H36N2O8. The van der Waals surface area contributed by atoms with E-state index in [0.717, 1.165) is 32.0 Å². The van der Waals surface area contributed by atoms with Crippen LogP contribution in [0.4, 0.5) is 10.5 Å². The van der Waals surface area contributed by atoms with Crippen LogP contribution in [-0.2, 0) is 19.0 Å². The van der Waals surface area contributed by atoms with Crippen molar-refractivity contribution in [3.05, 3.63) is 30.4 Å². The molecule has 202 valence electrons. The molecule has 3 aliphatic heterocycles. The summed E-state index contributed by atoms with van der Waals surface area (Å²) in [7, 11) is 1.49. The van der Waals surface area contributed by atoms with Gasteiger partial charge in [-0.3, -0.25) is 4.79 Å². The number of hydrogen-bond acceptors (Lipinski definition) is 8. The summed E-state index contributed by atoms with van der Waals surface area (Å²) in [6.45, 7) is 5.06. The van der Waals surface area contributed by atoms with Gasteiger partial charge in [-0.2, -0.15) is 0 Å². The third kappa shape index (κ3) is 6.07. The van der Waals surface area contributed by atoms with Gasteiger partial charge in [-0.1, -0.05) is 12.7 Å². The maximum Gasteiger partial charge on any atom is 0.416 e. The smallest absolute Gasteiger partial charge is 0.416 e. The van der Waals surface area contributed by atoms with E-state index in [0.29, 0.717) is 61.6 Å². The molecule has 10 nitrogen and oxygen atoms in total. The Morgan fingerprint density at radius 2 is 2.03 bits per heavy atom. The summed E-state index contributed by atoms with van der Waals surface area (Å²) in [5, 5.41) is 0. The lowest BCUT2D eigenvalue weighted by molar-refractivity contribution is -0.198. The fourth-order valence-corrected chi connectivity index (χ4v) is 5.04. The minimum Gasteiger partial charge on any atom is -0.493 e. The molecule has 0 aromatic heterocycles. The number of piperidine rings is 1. The van der Waals surface area contributed by atoms with Crippen LogP contribution in [-0.4, -0.2) is 75.2 Å². The fraction of sp³-hybridized carbons (Fsp3) is 0.593. The minimum absolute atomic E-state index is 0.00481. The molecule has 2 saturated heterocycles. The predicted octanol–water partition coefficient (Wildman–Crippen LogP) is 4.06. The number of unbranched alkanes of at least 4 members (excludes halogenated alkanes) is 1. The molecule has 0 saturated carbocycles. The highest BCUT2D eigenvalue weighted by atomic mass is 16.7. The van der Waals surface area contributed by atoms with E-state index >= 15 is 0 Å². The van der Waals surface area contributed by atoms with Crippen LogP contribution in [0.3, 0.4) is 0 Å². The molecule has 3 atom stereocenters. The molecular weight excluding hydrogens is 480 g/mol. The number of hydrogen-bond donors (Lipinski definition) is 0. The number of aldehydes is 1. The zero-order chi connectivity index (χ0) is 26.2. The summed E-state index contributed by atoms with van der Waals surface area (Å²) in [5.41, 5.74) is 0.621. The number of anilines is 1. The van der Waals surface area contributed by atoms with Gasteiger partial charge in [0, 0.05) is 25.6 Å². The molecule has 0 aliphatic carbocycles. The lowest BCUT2D eigenvalue weighted by Crippen LogP contribution is -2.57. The summed E-state index contributed by atoms with van der Waals surface area (Å²) >= 11 is 0. The molecule has 1 aromatic rings. The van der Waals surface area contributed by atoms with Gasteiger partial charge in [0.25, 0.3) is 5.91 Å². The number of methoxy groups -OCH3 is 1. The highest BCUT2D eigenvalue weighted by Crippen LogP contribution is 2.42. The first-order valence-electron chi connectivity index (χ1n) is 13.0. The van der Waals surface area contributed by atoms with Crippen molar-refractivity contribution in [2.24, 2.45) is 0 Å². The number of ether oxygens (including phenoxy) is 5. The average Bonchev–Trinajstić information content (AvgIpc) is 3.02. The quantitative estimate of drug-likeness (QED) is 0.261. The van der Waals surface area contributed by atoms with Crippen LogP contribution >= 0.6 is 0 Å². The number of carbonyl (C=O) groups excluding carboxylic acids is 3. The second-order valence-electron chi connectivity index (χ2n) is 9.30. The van der Waals surface area contributed by atoms with Crippen molar-refractivity contribution in [1.29, 1.82) is 0 Å². The molecule has 1 aromatic carbocycles. The van der Waals surface area contributed by atoms with E-state index in [1.54, 1.807) is 17.0 Å². The molecule has 37 heavy (non-hydrogen) atoms. The number of nitrogens with zero attached hydrogens (tertiary/aromatic N) is 2. The first-order chi connectivity index (χ1) is 18.1. The summed E-state index contributed by atoms with van der Waals surface area (Å²) in [6.07, 6.45) is 6.29. The third-order valence-electron chi connectivity index (χ3n) is 6.84. The molecule has 0 spiro atoms. The first kappa shape index (κ1) is 26.9. The fourth-order valence-electron chi connectivity index (χ4n) is 5.04. The summed E-state index contributed by atoms with van der Waals surface area (Å²) < 4.78 is 29.3. The standard InChI is InChI=1S/C27H36N2O8/c1-3-14-36-27(32)29-21-18-23(34-15-9-7-13-30)22(33-2)17-19(21)25(31)28-12-6-4-10-20(28)26(29)37-24-11-5-8-16-35-24/h3,13,17-18,20,24,26H,1,4-12,14-16H2,2H3. The van der Waals surface area contributed by atoms with Gasteiger partial charge in [-0.25, -0.2) is 9.69 Å². The molecule has 4 rings (SSSR count). The molecule has 0 bridgehead atoms. The first-order valence-corrected chi connectivity index (χ1v) is 13.0. The van der Waals surface area contributed by atoms with Crippen LogP contribution in [0, 0.1) is 0 Å². The lowest BCUT2D eigenvalue weighted by Gasteiger charge is -2.42. The van der Waals surface area contributed by atoms with E-state index in [2.05, 4.69) is 6.58 Å². The molecule has 3 aliphatic rings. The maximum atomic E-state index is 13.9. The third-order valence-corrected chi connectivity index (χ3v) is 6.84. The Labute approximate surface area is 217 Å². The highest BCUT2D eigenvalue weighted by molar-refractivity contribution is 6.06. The van der Waals surface area contributed by atoms with Crippen LogP contribution in [0.2, 0.25) is 0 Å². The topological polar surface area (TPSA) is 104 Å². The Balaban J connectivity index is 1.80. The zero-order valence-corrected chi connectivity index (χ0v) is 21.4. The molecule has 2 fully saturated rings. The van der Waals surface area contributed by atoms with Crippen LogP contribution in [0.25, 0.3) is 0 Å². The van der Waals surface area contributed by atoms with Gasteiger partial charge < -0.3 is 33.4 Å². The number of rotatable bonds is 10. The monoisotopic (exact) mass is 516 g/mol. The summed E-state index contributed by atoms with van der Waals surface area (Å²) in [6, 6.07) is 2.85. The predicted molar refractivity (Wildman–Crippen MR) is 135 cm³/mol. The van der Waals surface area contributed by atoms with Gasteiger partial charge in [-0.05, 0) is 51.0 Å². The molecule has 0 N–H and O–H groups in total. The Hall–Kier alpha value is -3.11. The van der Waals surface area contributed by atoms with E-state index < -0.39 is 18.6 Å².